The fourth-order valence-corrected chi connectivity index (χ4v) is 2.11. The molecule has 0 spiro atoms. The molecule has 1 unspecified atom stereocenters. The van der Waals surface area contributed by atoms with Crippen molar-refractivity contribution < 1.29 is 4.79 Å². The van der Waals surface area contributed by atoms with Gasteiger partial charge in [0.25, 0.3) is 0 Å². The third kappa shape index (κ3) is 1.41. The molecule has 1 aliphatic heterocycles. The second kappa shape index (κ2) is 3.36. The number of amides is 1. The molecule has 2 aliphatic rings. The largest absolute Gasteiger partial charge is 0.316 e. The summed E-state index contributed by atoms with van der Waals surface area (Å²) in [5, 5.41) is 0. The molecule has 0 bridgehead atoms. The summed E-state index contributed by atoms with van der Waals surface area (Å²) < 4.78 is 0. The van der Waals surface area contributed by atoms with Crippen molar-refractivity contribution in [1.82, 2.24) is 4.90 Å². The van der Waals surface area contributed by atoms with Gasteiger partial charge in [0.2, 0.25) is 5.91 Å². The highest BCUT2D eigenvalue weighted by Gasteiger charge is 2.33. The molecule has 1 aliphatic carbocycles. The van der Waals surface area contributed by atoms with Gasteiger partial charge < -0.3 is 4.90 Å². The number of hydrogen-bond acceptors (Lipinski definition) is 1. The highest BCUT2D eigenvalue weighted by molar-refractivity contribution is 5.82. The molecule has 1 atom stereocenters. The molecule has 1 saturated heterocycles. The van der Waals surface area contributed by atoms with E-state index < -0.39 is 0 Å². The van der Waals surface area contributed by atoms with E-state index >= 15 is 0 Å². The van der Waals surface area contributed by atoms with E-state index in [1.807, 2.05) is 4.90 Å². The van der Waals surface area contributed by atoms with Crippen LogP contribution in [0.15, 0.2) is 23.9 Å². The summed E-state index contributed by atoms with van der Waals surface area (Å²) in [6, 6.07) is 0. The summed E-state index contributed by atoms with van der Waals surface area (Å²) in [5.74, 6) is 0.783. The molecule has 0 aromatic carbocycles. The topological polar surface area (TPSA) is 20.3 Å². The zero-order valence-electron chi connectivity index (χ0n) is 7.99. The van der Waals surface area contributed by atoms with Crippen LogP contribution in [-0.2, 0) is 4.79 Å². The van der Waals surface area contributed by atoms with Gasteiger partial charge in [-0.1, -0.05) is 19.1 Å². The summed E-state index contributed by atoms with van der Waals surface area (Å²) in [7, 11) is 0. The molecule has 0 N–H and O–H groups in total. The molecule has 2 nitrogen and oxygen atoms in total. The lowest BCUT2D eigenvalue weighted by Crippen LogP contribution is -2.24. The first-order chi connectivity index (χ1) is 6.33. The zero-order chi connectivity index (χ0) is 9.26. The maximum atomic E-state index is 11.6. The van der Waals surface area contributed by atoms with Crippen LogP contribution < -0.4 is 0 Å². The van der Waals surface area contributed by atoms with Crippen molar-refractivity contribution in [3.8, 4) is 0 Å². The smallest absolute Gasteiger partial charge is 0.227 e. The molecule has 0 radical (unpaired) electrons. The zero-order valence-corrected chi connectivity index (χ0v) is 7.99. The number of hydrogen-bond donors (Lipinski definition) is 0. The Bertz CT molecular complexity index is 278. The minimum atomic E-state index is 0.307. The monoisotopic (exact) mass is 177 g/mol. The summed E-state index contributed by atoms with van der Waals surface area (Å²) in [5.41, 5.74) is 1.24. The average molecular weight is 177 g/mol. The molecular weight excluding hydrogens is 162 g/mol. The third-order valence-corrected chi connectivity index (χ3v) is 2.72. The normalized spacial score (nSPS) is 26.2. The van der Waals surface area contributed by atoms with Crippen LogP contribution in [0.5, 0.6) is 0 Å². The molecule has 13 heavy (non-hydrogen) atoms. The second-order valence-corrected chi connectivity index (χ2v) is 3.70. The van der Waals surface area contributed by atoms with E-state index in [1.54, 1.807) is 0 Å². The number of allylic oxidation sites excluding steroid dienone is 4. The molecule has 0 aromatic rings. The summed E-state index contributed by atoms with van der Waals surface area (Å²) in [6.45, 7) is 2.99. The maximum Gasteiger partial charge on any atom is 0.227 e. The Morgan fingerprint density at radius 1 is 1.62 bits per heavy atom. The number of nitrogens with zero attached hydrogens (tertiary/aromatic N) is 1. The first-order valence-corrected chi connectivity index (χ1v) is 5.00. The van der Waals surface area contributed by atoms with Crippen molar-refractivity contribution in [3.63, 3.8) is 0 Å². The molecule has 70 valence electrons. The molecule has 1 fully saturated rings. The number of rotatable bonds is 2. The van der Waals surface area contributed by atoms with E-state index in [2.05, 4.69) is 25.2 Å². The highest BCUT2D eigenvalue weighted by Crippen LogP contribution is 2.34. The van der Waals surface area contributed by atoms with Gasteiger partial charge in [-0.15, -0.1) is 0 Å². The van der Waals surface area contributed by atoms with Gasteiger partial charge in [0.1, 0.15) is 0 Å². The van der Waals surface area contributed by atoms with Crippen LogP contribution in [0.4, 0.5) is 0 Å². The Kier molecular flexibility index (Phi) is 2.21. The Balaban J connectivity index is 2.20. The first-order valence-electron chi connectivity index (χ1n) is 5.00. The summed E-state index contributed by atoms with van der Waals surface area (Å²) in [4.78, 5) is 13.5. The van der Waals surface area contributed by atoms with Gasteiger partial charge in [-0.25, -0.2) is 0 Å². The van der Waals surface area contributed by atoms with Gasteiger partial charge in [0.15, 0.2) is 0 Å². The van der Waals surface area contributed by atoms with E-state index in [0.717, 1.165) is 25.8 Å². The Labute approximate surface area is 78.9 Å². The van der Waals surface area contributed by atoms with Gasteiger partial charge in [0, 0.05) is 24.6 Å². The van der Waals surface area contributed by atoms with Gasteiger partial charge in [0.05, 0.1) is 0 Å². The Hall–Kier alpha value is -1.05. The molecule has 2 rings (SSSR count). The third-order valence-electron chi connectivity index (χ3n) is 2.72. The van der Waals surface area contributed by atoms with E-state index in [4.69, 9.17) is 0 Å². The molecule has 1 amide bonds. The van der Waals surface area contributed by atoms with Crippen LogP contribution in [0.1, 0.15) is 26.2 Å². The Morgan fingerprint density at radius 2 is 2.46 bits per heavy atom. The first kappa shape index (κ1) is 8.54. The lowest BCUT2D eigenvalue weighted by molar-refractivity contribution is -0.126. The highest BCUT2D eigenvalue weighted by atomic mass is 16.2. The van der Waals surface area contributed by atoms with Gasteiger partial charge in [-0.3, -0.25) is 4.79 Å². The molecule has 0 aromatic heterocycles. The SMILES string of the molecule is CCCN1C(=O)CC2CC=CC=C21. The van der Waals surface area contributed by atoms with Crippen molar-refractivity contribution in [3.05, 3.63) is 23.9 Å². The fourth-order valence-electron chi connectivity index (χ4n) is 2.11. The van der Waals surface area contributed by atoms with E-state index in [0.29, 0.717) is 11.8 Å². The van der Waals surface area contributed by atoms with Gasteiger partial charge >= 0.3 is 0 Å². The summed E-state index contributed by atoms with van der Waals surface area (Å²) >= 11 is 0. The van der Waals surface area contributed by atoms with Crippen LogP contribution in [-0.4, -0.2) is 17.4 Å². The van der Waals surface area contributed by atoms with Crippen LogP contribution >= 0.6 is 0 Å². The van der Waals surface area contributed by atoms with Crippen molar-refractivity contribution in [1.29, 1.82) is 0 Å². The standard InChI is InChI=1S/C11H15NO/c1-2-7-12-10-6-4-3-5-9(10)8-11(12)13/h3-4,6,9H,2,5,7-8H2,1H3. The minimum Gasteiger partial charge on any atom is -0.316 e. The summed E-state index contributed by atoms with van der Waals surface area (Å²) in [6.07, 6.45) is 9.10. The second-order valence-electron chi connectivity index (χ2n) is 3.70. The van der Waals surface area contributed by atoms with E-state index in [9.17, 15) is 4.79 Å². The van der Waals surface area contributed by atoms with Crippen molar-refractivity contribution in [2.75, 3.05) is 6.54 Å². The van der Waals surface area contributed by atoms with Crippen molar-refractivity contribution in [2.45, 2.75) is 26.2 Å². The van der Waals surface area contributed by atoms with Crippen molar-refractivity contribution in [2.24, 2.45) is 5.92 Å². The van der Waals surface area contributed by atoms with E-state index in [-0.39, 0.29) is 0 Å². The maximum absolute atomic E-state index is 11.6. The fraction of sp³-hybridized carbons (Fsp3) is 0.545. The van der Waals surface area contributed by atoms with Crippen LogP contribution in [0.2, 0.25) is 0 Å². The number of likely N-dealkylation sites (tertiary alicyclic amines) is 1. The number of carbonyl (C=O) groups is 1. The minimum absolute atomic E-state index is 0.307. The lowest BCUT2D eigenvalue weighted by Gasteiger charge is -2.20. The number of fused-ring (bicyclic) bond motifs is 1. The van der Waals surface area contributed by atoms with Crippen LogP contribution in [0.3, 0.4) is 0 Å². The average Bonchev–Trinajstić information content (AvgIpc) is 2.44. The number of carbonyl (C=O) groups excluding carboxylic acids is 1. The van der Waals surface area contributed by atoms with Gasteiger partial charge in [-0.2, -0.15) is 0 Å². The molecular formula is C11H15NO. The van der Waals surface area contributed by atoms with E-state index in [1.165, 1.54) is 5.70 Å². The van der Waals surface area contributed by atoms with Gasteiger partial charge in [-0.05, 0) is 18.9 Å². The van der Waals surface area contributed by atoms with Crippen LogP contribution in [0.25, 0.3) is 0 Å². The molecule has 1 heterocycles. The predicted molar refractivity (Wildman–Crippen MR) is 52.0 cm³/mol. The van der Waals surface area contributed by atoms with Crippen LogP contribution in [0, 0.1) is 5.92 Å². The molecule has 2 heteroatoms. The lowest BCUT2D eigenvalue weighted by atomic mass is 9.97. The quantitative estimate of drug-likeness (QED) is 0.632. The predicted octanol–water partition coefficient (Wildman–Crippen LogP) is 2.09. The van der Waals surface area contributed by atoms with Crippen molar-refractivity contribution >= 4 is 5.91 Å². The Morgan fingerprint density at radius 3 is 3.23 bits per heavy atom. The molecule has 0 saturated carbocycles.